The quantitative estimate of drug-likeness (QED) is 0.216. The van der Waals surface area contributed by atoms with Crippen LogP contribution in [-0.4, -0.2) is 28.2 Å². The summed E-state index contributed by atoms with van der Waals surface area (Å²) in [4.78, 5) is 23.3. The topological polar surface area (TPSA) is 72.3 Å². The fourth-order valence-corrected chi connectivity index (χ4v) is 6.53. The first-order valence-electron chi connectivity index (χ1n) is 13.2. The van der Waals surface area contributed by atoms with Crippen LogP contribution in [-0.2, 0) is 4.74 Å². The van der Waals surface area contributed by atoms with Crippen molar-refractivity contribution in [3.8, 4) is 22.4 Å². The van der Waals surface area contributed by atoms with Gasteiger partial charge in [0.1, 0.15) is 22.7 Å². The molecule has 0 amide bonds. The van der Waals surface area contributed by atoms with Crippen molar-refractivity contribution >= 4 is 27.5 Å². The Bertz CT molecular complexity index is 1660. The lowest BCUT2D eigenvalue weighted by Crippen LogP contribution is -2.17. The van der Waals surface area contributed by atoms with Gasteiger partial charge >= 0.3 is 5.97 Å². The number of aromatic nitrogens is 2. The zero-order valence-electron chi connectivity index (χ0n) is 21.7. The summed E-state index contributed by atoms with van der Waals surface area (Å²) in [5, 5.41) is 12.5. The Morgan fingerprint density at radius 2 is 1.55 bits per heavy atom. The van der Waals surface area contributed by atoms with Gasteiger partial charge < -0.3 is 9.84 Å². The Morgan fingerprint density at radius 3 is 2.17 bits per heavy atom. The summed E-state index contributed by atoms with van der Waals surface area (Å²) in [6.45, 7) is 0. The van der Waals surface area contributed by atoms with Gasteiger partial charge in [-0.2, -0.15) is 0 Å². The molecule has 1 aliphatic rings. The average Bonchev–Trinajstić information content (AvgIpc) is 3.67. The summed E-state index contributed by atoms with van der Waals surface area (Å²) in [6, 6.07) is 19.2. The second-order valence-corrected chi connectivity index (χ2v) is 11.0. The average molecular weight is 557 g/mol. The van der Waals surface area contributed by atoms with Crippen LogP contribution in [0.4, 0.5) is 8.78 Å². The monoisotopic (exact) mass is 556 g/mol. The molecule has 0 spiro atoms. The maximum atomic E-state index is 14.1. The van der Waals surface area contributed by atoms with Crippen LogP contribution in [0, 0.1) is 11.6 Å². The van der Waals surface area contributed by atoms with Crippen molar-refractivity contribution in [2.75, 3.05) is 7.11 Å². The summed E-state index contributed by atoms with van der Waals surface area (Å²) >= 11 is 1.37. The number of fused-ring (bicyclic) bond motifs is 1. The van der Waals surface area contributed by atoms with Crippen LogP contribution in [0.25, 0.3) is 32.6 Å². The van der Waals surface area contributed by atoms with E-state index in [0.717, 1.165) is 35.9 Å². The molecule has 6 rings (SSSR count). The number of ether oxygens (including phenoxy) is 1. The molecule has 8 heteroatoms. The zero-order valence-corrected chi connectivity index (χ0v) is 22.6. The first kappa shape index (κ1) is 26.2. The molecule has 0 bridgehead atoms. The maximum absolute atomic E-state index is 14.1. The van der Waals surface area contributed by atoms with Crippen molar-refractivity contribution in [3.63, 3.8) is 0 Å². The second-order valence-electron chi connectivity index (χ2n) is 9.92. The molecule has 0 aliphatic heterocycles. The third kappa shape index (κ3) is 4.78. The Kier molecular flexibility index (Phi) is 7.12. The number of pyridine rings is 1. The molecule has 1 unspecified atom stereocenters. The number of methoxy groups -OCH3 is 1. The van der Waals surface area contributed by atoms with E-state index in [-0.39, 0.29) is 11.5 Å². The van der Waals surface area contributed by atoms with Gasteiger partial charge in [0.15, 0.2) is 0 Å². The molecule has 1 atom stereocenters. The molecule has 1 N–H and O–H groups in total. The van der Waals surface area contributed by atoms with E-state index < -0.39 is 23.7 Å². The fourth-order valence-electron chi connectivity index (χ4n) is 5.57. The second kappa shape index (κ2) is 10.9. The van der Waals surface area contributed by atoms with Crippen LogP contribution in [0.2, 0.25) is 0 Å². The molecule has 5 nitrogen and oxygen atoms in total. The minimum absolute atomic E-state index is 0.0316. The van der Waals surface area contributed by atoms with Gasteiger partial charge in [-0.25, -0.2) is 18.6 Å². The van der Waals surface area contributed by atoms with E-state index in [1.54, 1.807) is 24.3 Å². The van der Waals surface area contributed by atoms with Gasteiger partial charge in [0.05, 0.1) is 34.3 Å². The molecule has 2 aromatic heterocycles. The number of aliphatic hydroxyl groups excluding tert-OH is 1. The van der Waals surface area contributed by atoms with Crippen LogP contribution in [0.3, 0.4) is 0 Å². The molecule has 1 fully saturated rings. The molecular weight excluding hydrogens is 530 g/mol. The minimum Gasteiger partial charge on any atom is -0.465 e. The predicted molar refractivity (Wildman–Crippen MR) is 151 cm³/mol. The Labute approximate surface area is 234 Å². The fraction of sp³-hybridized carbons (Fsp3) is 0.219. The summed E-state index contributed by atoms with van der Waals surface area (Å²) < 4.78 is 34.1. The molecule has 3 aromatic carbocycles. The first-order chi connectivity index (χ1) is 19.4. The standard InChI is InChI=1S/C32H26F2N2O3S/c1-39-32(38)27-25(18-10-14-21(33)15-11-18)26(30(37)31-35-23-8-4-5-9-24(23)40-31)28(19-6-2-3-7-19)36-29(27)20-12-16-22(34)17-13-20/h4-5,8-17,19,30,37H,2-3,6-7H2,1H3. The largest absolute Gasteiger partial charge is 0.465 e. The number of hydrogen-bond acceptors (Lipinski definition) is 6. The van der Waals surface area contributed by atoms with Crippen molar-refractivity contribution in [2.24, 2.45) is 0 Å². The van der Waals surface area contributed by atoms with Gasteiger partial charge in [-0.1, -0.05) is 37.1 Å². The number of aliphatic hydroxyl groups is 1. The number of hydrogen-bond donors (Lipinski definition) is 1. The Morgan fingerprint density at radius 1 is 0.925 bits per heavy atom. The summed E-state index contributed by atoms with van der Waals surface area (Å²) in [7, 11) is 1.28. The summed E-state index contributed by atoms with van der Waals surface area (Å²) in [5.74, 6) is -1.48. The van der Waals surface area contributed by atoms with Crippen LogP contribution < -0.4 is 0 Å². The van der Waals surface area contributed by atoms with E-state index in [4.69, 9.17) is 14.7 Å². The maximum Gasteiger partial charge on any atom is 0.340 e. The molecule has 40 heavy (non-hydrogen) atoms. The third-order valence-corrected chi connectivity index (χ3v) is 8.55. The number of esters is 1. The molecule has 1 saturated carbocycles. The van der Waals surface area contributed by atoms with Gasteiger partial charge in [-0.15, -0.1) is 11.3 Å². The SMILES string of the molecule is COC(=O)c1c(-c2ccc(F)cc2)nc(C2CCCC2)c(C(O)c2nc3ccccc3s2)c1-c1ccc(F)cc1. The highest BCUT2D eigenvalue weighted by Crippen LogP contribution is 2.46. The predicted octanol–water partition coefficient (Wildman–Crippen LogP) is 7.83. The number of para-hydroxylation sites is 1. The Hall–Kier alpha value is -4.01. The summed E-state index contributed by atoms with van der Waals surface area (Å²) in [6.07, 6.45) is 2.57. The van der Waals surface area contributed by atoms with Gasteiger partial charge in [-0.3, -0.25) is 4.98 Å². The van der Waals surface area contributed by atoms with E-state index in [2.05, 4.69) is 0 Å². The van der Waals surface area contributed by atoms with E-state index >= 15 is 0 Å². The van der Waals surface area contributed by atoms with Crippen molar-refractivity contribution in [1.82, 2.24) is 9.97 Å². The van der Waals surface area contributed by atoms with E-state index in [9.17, 15) is 18.7 Å². The van der Waals surface area contributed by atoms with Gasteiger partial charge in [0.2, 0.25) is 0 Å². The Balaban J connectivity index is 1.71. The molecule has 1 aliphatic carbocycles. The number of nitrogens with zero attached hydrogens (tertiary/aromatic N) is 2. The lowest BCUT2D eigenvalue weighted by molar-refractivity contribution is 0.0601. The molecule has 5 aromatic rings. The molecule has 202 valence electrons. The van der Waals surface area contributed by atoms with Crippen molar-refractivity contribution in [2.45, 2.75) is 37.7 Å². The van der Waals surface area contributed by atoms with Crippen LogP contribution in [0.15, 0.2) is 72.8 Å². The molecule has 2 heterocycles. The number of carbonyl (C=O) groups is 1. The number of halogens is 2. The first-order valence-corrected chi connectivity index (χ1v) is 14.0. The van der Waals surface area contributed by atoms with Crippen LogP contribution >= 0.6 is 11.3 Å². The highest BCUT2D eigenvalue weighted by molar-refractivity contribution is 7.18. The van der Waals surface area contributed by atoms with Crippen molar-refractivity contribution in [1.29, 1.82) is 0 Å². The molecule has 0 radical (unpaired) electrons. The highest BCUT2D eigenvalue weighted by Gasteiger charge is 2.35. The normalized spacial score (nSPS) is 14.5. The number of rotatable bonds is 6. The van der Waals surface area contributed by atoms with Crippen LogP contribution in [0.1, 0.15) is 64.3 Å². The van der Waals surface area contributed by atoms with Gasteiger partial charge in [0, 0.05) is 22.6 Å². The van der Waals surface area contributed by atoms with Crippen LogP contribution in [0.5, 0.6) is 0 Å². The third-order valence-electron chi connectivity index (χ3n) is 7.46. The summed E-state index contributed by atoms with van der Waals surface area (Å²) in [5.41, 5.74) is 3.81. The smallest absolute Gasteiger partial charge is 0.340 e. The lowest BCUT2D eigenvalue weighted by atomic mass is 9.84. The van der Waals surface area contributed by atoms with E-state index in [1.807, 2.05) is 24.3 Å². The number of benzene rings is 3. The lowest BCUT2D eigenvalue weighted by Gasteiger charge is -2.25. The number of carbonyl (C=O) groups excluding carboxylic acids is 1. The number of thiazole rings is 1. The molecule has 0 saturated heterocycles. The highest BCUT2D eigenvalue weighted by atomic mass is 32.1. The van der Waals surface area contributed by atoms with Crippen molar-refractivity contribution < 1.29 is 23.4 Å². The minimum atomic E-state index is -1.20. The van der Waals surface area contributed by atoms with Gasteiger partial charge in [-0.05, 0) is 66.9 Å². The zero-order chi connectivity index (χ0) is 27.8. The van der Waals surface area contributed by atoms with E-state index in [0.29, 0.717) is 38.6 Å². The van der Waals surface area contributed by atoms with Gasteiger partial charge in [0.25, 0.3) is 0 Å². The van der Waals surface area contributed by atoms with Crippen molar-refractivity contribution in [3.05, 3.63) is 106 Å². The molecular formula is C32H26F2N2O3S. The van der Waals surface area contributed by atoms with E-state index in [1.165, 1.54) is 42.7 Å².